The molecular formula is C14H26N2. The monoisotopic (exact) mass is 222 g/mol. The van der Waals surface area contributed by atoms with E-state index in [1.165, 1.54) is 63.6 Å². The Bertz CT molecular complexity index is 229. The Morgan fingerprint density at radius 2 is 2.00 bits per heavy atom. The van der Waals surface area contributed by atoms with Crippen molar-refractivity contribution < 1.29 is 0 Å². The maximum Gasteiger partial charge on any atom is 0.0965 e. The smallest absolute Gasteiger partial charge is 0.0965 e. The van der Waals surface area contributed by atoms with Gasteiger partial charge in [0.1, 0.15) is 0 Å². The fourth-order valence-corrected chi connectivity index (χ4v) is 3.12. The van der Waals surface area contributed by atoms with Crippen LogP contribution < -0.4 is 5.32 Å². The number of nitrogens with zero attached hydrogens (tertiary/aromatic N) is 1. The van der Waals surface area contributed by atoms with Gasteiger partial charge in [-0.1, -0.05) is 26.2 Å². The van der Waals surface area contributed by atoms with Crippen molar-refractivity contribution in [1.29, 1.82) is 0 Å². The third kappa shape index (κ3) is 3.23. The van der Waals surface area contributed by atoms with E-state index in [1.807, 2.05) is 0 Å². The summed E-state index contributed by atoms with van der Waals surface area (Å²) in [6, 6.07) is 0.692. The Hall–Kier alpha value is -0.530. The minimum atomic E-state index is 0.692. The fourth-order valence-electron chi connectivity index (χ4n) is 3.12. The lowest BCUT2D eigenvalue weighted by Gasteiger charge is -2.32. The Labute approximate surface area is 99.9 Å². The van der Waals surface area contributed by atoms with Gasteiger partial charge < -0.3 is 5.32 Å². The highest BCUT2D eigenvalue weighted by atomic mass is 15.0. The second-order valence-electron chi connectivity index (χ2n) is 5.34. The van der Waals surface area contributed by atoms with Crippen LogP contribution in [0.25, 0.3) is 0 Å². The molecule has 0 bridgehead atoms. The van der Waals surface area contributed by atoms with E-state index in [9.17, 15) is 0 Å². The van der Waals surface area contributed by atoms with E-state index in [0.717, 1.165) is 12.5 Å². The molecule has 2 rings (SSSR count). The lowest BCUT2D eigenvalue weighted by molar-refractivity contribution is 0.282. The van der Waals surface area contributed by atoms with E-state index in [1.54, 1.807) is 0 Å². The summed E-state index contributed by atoms with van der Waals surface area (Å²) < 4.78 is 0. The molecule has 0 aromatic carbocycles. The van der Waals surface area contributed by atoms with Crippen LogP contribution >= 0.6 is 0 Å². The molecule has 0 saturated heterocycles. The molecule has 1 aliphatic carbocycles. The van der Waals surface area contributed by atoms with Gasteiger partial charge in [-0.3, -0.25) is 4.99 Å². The summed E-state index contributed by atoms with van der Waals surface area (Å²) in [5.74, 6) is 2.20. The third-order valence-corrected chi connectivity index (χ3v) is 4.14. The normalized spacial score (nSPS) is 24.9. The summed E-state index contributed by atoms with van der Waals surface area (Å²) in [5, 5.41) is 3.73. The van der Waals surface area contributed by atoms with Crippen molar-refractivity contribution in [3.63, 3.8) is 0 Å². The van der Waals surface area contributed by atoms with Crippen LogP contribution in [0.2, 0.25) is 0 Å². The van der Waals surface area contributed by atoms with Crippen LogP contribution in [0, 0.1) is 5.92 Å². The molecule has 1 aliphatic heterocycles. The number of nitrogens with one attached hydrogen (secondary N) is 1. The van der Waals surface area contributed by atoms with Crippen LogP contribution in [0.1, 0.15) is 64.7 Å². The maximum atomic E-state index is 4.62. The van der Waals surface area contributed by atoms with Gasteiger partial charge in [0, 0.05) is 19.0 Å². The number of rotatable bonds is 3. The summed E-state index contributed by atoms with van der Waals surface area (Å²) in [5.41, 5.74) is 0. The van der Waals surface area contributed by atoms with Crippen molar-refractivity contribution in [3.05, 3.63) is 0 Å². The molecule has 0 spiro atoms. The summed E-state index contributed by atoms with van der Waals surface area (Å²) in [4.78, 5) is 4.62. The van der Waals surface area contributed by atoms with Crippen molar-refractivity contribution in [2.75, 3.05) is 6.54 Å². The highest BCUT2D eigenvalue weighted by Gasteiger charge is 2.23. The summed E-state index contributed by atoms with van der Waals surface area (Å²) in [7, 11) is 0. The molecule has 2 aliphatic rings. The first-order valence-corrected chi connectivity index (χ1v) is 7.20. The molecule has 1 fully saturated rings. The molecule has 1 heterocycles. The maximum absolute atomic E-state index is 4.62. The molecule has 2 heteroatoms. The van der Waals surface area contributed by atoms with Crippen molar-refractivity contribution in [1.82, 2.24) is 5.32 Å². The van der Waals surface area contributed by atoms with Crippen molar-refractivity contribution in [3.8, 4) is 0 Å². The minimum absolute atomic E-state index is 0.692. The Balaban J connectivity index is 1.86. The SMILES string of the molecule is CCC(NC1=NCCCC1)C1CCCCC1. The van der Waals surface area contributed by atoms with Gasteiger partial charge in [-0.2, -0.15) is 0 Å². The van der Waals surface area contributed by atoms with E-state index in [2.05, 4.69) is 17.2 Å². The first kappa shape index (κ1) is 11.9. The van der Waals surface area contributed by atoms with Crippen LogP contribution in [-0.4, -0.2) is 18.4 Å². The number of amidine groups is 1. The zero-order valence-electron chi connectivity index (χ0n) is 10.7. The zero-order valence-corrected chi connectivity index (χ0v) is 10.7. The average Bonchev–Trinajstić information content (AvgIpc) is 2.38. The van der Waals surface area contributed by atoms with Crippen LogP contribution in [-0.2, 0) is 0 Å². The van der Waals surface area contributed by atoms with E-state index in [4.69, 9.17) is 0 Å². The largest absolute Gasteiger partial charge is 0.371 e. The van der Waals surface area contributed by atoms with Gasteiger partial charge in [-0.25, -0.2) is 0 Å². The summed E-state index contributed by atoms with van der Waals surface area (Å²) in [6.07, 6.45) is 12.2. The molecule has 1 unspecified atom stereocenters. The Kier molecular flexibility index (Phi) is 4.68. The molecule has 1 N–H and O–H groups in total. The second kappa shape index (κ2) is 6.27. The minimum Gasteiger partial charge on any atom is -0.371 e. The molecule has 0 aromatic heterocycles. The Morgan fingerprint density at radius 3 is 2.62 bits per heavy atom. The van der Waals surface area contributed by atoms with Gasteiger partial charge >= 0.3 is 0 Å². The first-order chi connectivity index (χ1) is 7.90. The summed E-state index contributed by atoms with van der Waals surface area (Å²) >= 11 is 0. The Morgan fingerprint density at radius 1 is 1.19 bits per heavy atom. The molecule has 1 atom stereocenters. The lowest BCUT2D eigenvalue weighted by atomic mass is 9.83. The van der Waals surface area contributed by atoms with Crippen LogP contribution in [0.15, 0.2) is 4.99 Å². The van der Waals surface area contributed by atoms with Gasteiger partial charge in [0.05, 0.1) is 5.84 Å². The highest BCUT2D eigenvalue weighted by molar-refractivity contribution is 5.82. The van der Waals surface area contributed by atoms with Crippen LogP contribution in [0.5, 0.6) is 0 Å². The standard InChI is InChI=1S/C14H26N2/c1-2-13(12-8-4-3-5-9-12)16-14-10-6-7-11-15-14/h12-13H,2-11H2,1H3,(H,15,16). The van der Waals surface area contributed by atoms with Gasteiger partial charge in [0.2, 0.25) is 0 Å². The van der Waals surface area contributed by atoms with Crippen molar-refractivity contribution in [2.24, 2.45) is 10.9 Å². The molecule has 16 heavy (non-hydrogen) atoms. The molecular weight excluding hydrogens is 196 g/mol. The summed E-state index contributed by atoms with van der Waals surface area (Å²) in [6.45, 7) is 3.36. The van der Waals surface area contributed by atoms with Crippen LogP contribution in [0.4, 0.5) is 0 Å². The van der Waals surface area contributed by atoms with E-state index in [0.29, 0.717) is 6.04 Å². The van der Waals surface area contributed by atoms with Gasteiger partial charge in [-0.15, -0.1) is 0 Å². The van der Waals surface area contributed by atoms with Crippen molar-refractivity contribution in [2.45, 2.75) is 70.8 Å². The predicted molar refractivity (Wildman–Crippen MR) is 69.9 cm³/mol. The van der Waals surface area contributed by atoms with E-state index < -0.39 is 0 Å². The quantitative estimate of drug-likeness (QED) is 0.776. The second-order valence-corrected chi connectivity index (χ2v) is 5.34. The lowest BCUT2D eigenvalue weighted by Crippen LogP contribution is -2.41. The fraction of sp³-hybridized carbons (Fsp3) is 0.929. The molecule has 2 nitrogen and oxygen atoms in total. The number of hydrogen-bond donors (Lipinski definition) is 1. The predicted octanol–water partition coefficient (Wildman–Crippen LogP) is 3.52. The number of aliphatic imine (C=N–C) groups is 1. The first-order valence-electron chi connectivity index (χ1n) is 7.20. The van der Waals surface area contributed by atoms with E-state index >= 15 is 0 Å². The molecule has 0 radical (unpaired) electrons. The topological polar surface area (TPSA) is 24.4 Å². The molecule has 0 amide bonds. The number of hydrogen-bond acceptors (Lipinski definition) is 2. The molecule has 0 aromatic rings. The molecule has 1 saturated carbocycles. The van der Waals surface area contributed by atoms with Crippen molar-refractivity contribution >= 4 is 5.84 Å². The zero-order chi connectivity index (χ0) is 11.2. The van der Waals surface area contributed by atoms with Crippen LogP contribution in [0.3, 0.4) is 0 Å². The van der Waals surface area contributed by atoms with Gasteiger partial charge in [-0.05, 0) is 38.0 Å². The average molecular weight is 222 g/mol. The third-order valence-electron chi connectivity index (χ3n) is 4.14. The van der Waals surface area contributed by atoms with E-state index in [-0.39, 0.29) is 0 Å². The van der Waals surface area contributed by atoms with Gasteiger partial charge in [0.15, 0.2) is 0 Å². The van der Waals surface area contributed by atoms with Gasteiger partial charge in [0.25, 0.3) is 0 Å². The highest BCUT2D eigenvalue weighted by Crippen LogP contribution is 2.27. The molecule has 92 valence electrons.